The molecule has 6 rings (SSSR count). The van der Waals surface area contributed by atoms with E-state index in [1.54, 1.807) is 20.0 Å². The molecule has 0 radical (unpaired) electrons. The van der Waals surface area contributed by atoms with Crippen LogP contribution in [0.2, 0.25) is 0 Å². The fraction of sp³-hybridized carbons (Fsp3) is 0.526. The Morgan fingerprint density at radius 2 is 1.30 bits per heavy atom. The van der Waals surface area contributed by atoms with Crippen molar-refractivity contribution < 1.29 is 115 Å². The summed E-state index contributed by atoms with van der Waals surface area (Å²) in [6.45, 7) is 4.66. The molecule has 4 aromatic heterocycles. The second kappa shape index (κ2) is 24.6. The van der Waals surface area contributed by atoms with Gasteiger partial charge >= 0.3 is 54.8 Å². The number of ether oxygens (including phenoxy) is 1. The van der Waals surface area contributed by atoms with Gasteiger partial charge in [-0.05, 0) is 45.6 Å². The van der Waals surface area contributed by atoms with Crippen molar-refractivity contribution in [2.75, 3.05) is 19.7 Å². The van der Waals surface area contributed by atoms with Crippen LogP contribution in [0.15, 0.2) is 37.1 Å². The normalized spacial score (nSPS) is 17.0. The van der Waals surface area contributed by atoms with E-state index in [1.807, 2.05) is 23.1 Å². The van der Waals surface area contributed by atoms with Crippen molar-refractivity contribution in [2.45, 2.75) is 107 Å². The maximum atomic E-state index is 13.5. The van der Waals surface area contributed by atoms with E-state index in [0.717, 1.165) is 35.1 Å². The summed E-state index contributed by atoms with van der Waals surface area (Å²) in [6, 6.07) is 5.95. The molecule has 1 aliphatic carbocycles. The first-order chi connectivity index (χ1) is 33.3. The average molecular weight is 1080 g/mol. The molecule has 1 saturated heterocycles. The molecule has 0 atom stereocenters. The summed E-state index contributed by atoms with van der Waals surface area (Å²) in [5.74, 6) is -12.4. The van der Waals surface area contributed by atoms with Gasteiger partial charge in [0.25, 0.3) is 0 Å². The number of carboxylic acid groups (broad SMARTS) is 4. The number of aliphatic carboxylic acids is 4. The van der Waals surface area contributed by atoms with Gasteiger partial charge in [-0.1, -0.05) is 0 Å². The van der Waals surface area contributed by atoms with Crippen molar-refractivity contribution in [1.29, 1.82) is 5.26 Å². The fourth-order valence-electron chi connectivity index (χ4n) is 6.09. The summed E-state index contributed by atoms with van der Waals surface area (Å²) >= 11 is 0. The highest BCUT2D eigenvalue weighted by molar-refractivity contribution is 5.90. The Hall–Kier alpha value is -7.09. The van der Waals surface area contributed by atoms with E-state index in [0.29, 0.717) is 32.4 Å². The lowest BCUT2D eigenvalue weighted by atomic mass is 9.82. The molecule has 2 aliphatic rings. The number of carboxylic acids is 4. The monoisotopic (exact) mass is 1080 g/mol. The number of nitrogens with one attached hydrogen (secondary N) is 2. The Bertz CT molecular complexity index is 2430. The van der Waals surface area contributed by atoms with Crippen molar-refractivity contribution in [3.8, 4) is 23.2 Å². The summed E-state index contributed by atoms with van der Waals surface area (Å²) in [4.78, 5) is 57.1. The van der Waals surface area contributed by atoms with Crippen molar-refractivity contribution >= 4 is 34.9 Å². The minimum absolute atomic E-state index is 0.0228. The van der Waals surface area contributed by atoms with Gasteiger partial charge in [-0.25, -0.2) is 34.1 Å². The first kappa shape index (κ1) is 62.0. The Morgan fingerprint density at radius 3 is 1.74 bits per heavy atom. The SMILES string of the molecule is CC(C)(CO)NCc1cc(O[C@H]2CC[C@@H](N3CC(CC#N)(n4cc(-c5ncnc6[nH]ccc56)cn4)C3)CC2)nc(C(F)(F)F)n1.O=C(O)C(F)(F)F.O=C(O)C(F)(F)F.O=C(O)C(F)(F)F.O=C(O)C(F)(F)F. The van der Waals surface area contributed by atoms with E-state index in [2.05, 4.69) is 46.3 Å². The quantitative estimate of drug-likeness (QED) is 0.0852. The van der Waals surface area contributed by atoms with E-state index >= 15 is 0 Å². The first-order valence-corrected chi connectivity index (χ1v) is 19.9. The Balaban J connectivity index is 0.000000530. The molecule has 73 heavy (non-hydrogen) atoms. The predicted molar refractivity (Wildman–Crippen MR) is 211 cm³/mol. The molecule has 0 aromatic carbocycles. The van der Waals surface area contributed by atoms with Crippen molar-refractivity contribution in [1.82, 2.24) is 44.9 Å². The van der Waals surface area contributed by atoms with E-state index in [1.165, 1.54) is 12.4 Å². The highest BCUT2D eigenvalue weighted by Gasteiger charge is 2.49. The standard InChI is InChI=1S/C30H35F3N10O2.4C2HF3O2/c1-28(2,17-44)38-13-20-11-24(41-27(40-20)30(31,32)33)45-22-5-3-21(4-6-22)42-15-29(16-42,8-9-34)43-14-19(12-39-43)25-23-7-10-35-26(23)37-18-36-25;4*3-2(4,5)1(6)7/h7,10-12,14,18,21-22,38,44H,3-6,8,13,15-17H2,1-2H3,(H,35,36,37);4*(H,6,7)/t21-,22+;;;;. The molecule has 0 bridgehead atoms. The van der Waals surface area contributed by atoms with E-state index < -0.39 is 71.7 Å². The number of fused-ring (bicyclic) bond motifs is 1. The van der Waals surface area contributed by atoms with Crippen LogP contribution in [0.5, 0.6) is 5.88 Å². The van der Waals surface area contributed by atoms with Crippen LogP contribution in [0.1, 0.15) is 57.5 Å². The van der Waals surface area contributed by atoms with Gasteiger partial charge in [-0.15, -0.1) is 0 Å². The third kappa shape index (κ3) is 19.5. The summed E-state index contributed by atoms with van der Waals surface area (Å²) in [5.41, 5.74) is 1.37. The Morgan fingerprint density at radius 1 is 0.808 bits per heavy atom. The fourth-order valence-corrected chi connectivity index (χ4v) is 6.09. The van der Waals surface area contributed by atoms with Gasteiger partial charge in [-0.2, -0.15) is 81.2 Å². The van der Waals surface area contributed by atoms with Gasteiger partial charge < -0.3 is 40.6 Å². The lowest BCUT2D eigenvalue weighted by Gasteiger charge is -2.53. The van der Waals surface area contributed by atoms with Gasteiger partial charge in [0, 0.05) is 60.6 Å². The number of nitrogens with zero attached hydrogens (tertiary/aromatic N) is 8. The predicted octanol–water partition coefficient (Wildman–Crippen LogP) is 6.34. The summed E-state index contributed by atoms with van der Waals surface area (Å²) in [5, 5.41) is 56.2. The Labute approximate surface area is 398 Å². The third-order valence-electron chi connectivity index (χ3n) is 9.67. The zero-order chi connectivity index (χ0) is 56.1. The summed E-state index contributed by atoms with van der Waals surface area (Å²) < 4.78 is 175. The molecular formula is C38H39F15N10O10. The number of hydrogen-bond donors (Lipinski definition) is 7. The van der Waals surface area contributed by atoms with Gasteiger partial charge in [0.05, 0.1) is 36.7 Å². The second-order valence-corrected chi connectivity index (χ2v) is 15.8. The van der Waals surface area contributed by atoms with Gasteiger partial charge in [0.2, 0.25) is 11.7 Å². The molecule has 406 valence electrons. The number of aromatic amines is 1. The van der Waals surface area contributed by atoms with Crippen LogP contribution in [0.25, 0.3) is 22.3 Å². The van der Waals surface area contributed by atoms with Crippen LogP contribution >= 0.6 is 0 Å². The number of alkyl halides is 15. The number of H-pyrrole nitrogens is 1. The number of nitriles is 1. The zero-order valence-electron chi connectivity index (χ0n) is 37.0. The largest absolute Gasteiger partial charge is 0.490 e. The number of aromatic nitrogens is 7. The van der Waals surface area contributed by atoms with Crippen LogP contribution in [-0.4, -0.2) is 151 Å². The zero-order valence-corrected chi connectivity index (χ0v) is 37.0. The van der Waals surface area contributed by atoms with Crippen LogP contribution in [0, 0.1) is 11.3 Å². The van der Waals surface area contributed by atoms with Gasteiger partial charge in [-0.3, -0.25) is 9.58 Å². The molecule has 2 fully saturated rings. The van der Waals surface area contributed by atoms with Crippen LogP contribution < -0.4 is 10.1 Å². The second-order valence-electron chi connectivity index (χ2n) is 15.8. The Kier molecular flexibility index (Phi) is 20.9. The number of carbonyl (C=O) groups is 4. The molecule has 0 unspecified atom stereocenters. The number of halogens is 15. The van der Waals surface area contributed by atoms with Crippen molar-refractivity contribution in [3.63, 3.8) is 0 Å². The molecule has 7 N–H and O–H groups in total. The van der Waals surface area contributed by atoms with Crippen LogP contribution in [-0.2, 0) is 37.4 Å². The lowest BCUT2D eigenvalue weighted by Crippen LogP contribution is -2.65. The molecule has 35 heteroatoms. The summed E-state index contributed by atoms with van der Waals surface area (Å²) in [7, 11) is 0. The molecule has 5 heterocycles. The van der Waals surface area contributed by atoms with Crippen molar-refractivity contribution in [3.05, 3.63) is 48.6 Å². The maximum Gasteiger partial charge on any atom is 0.490 e. The number of rotatable bonds is 10. The van der Waals surface area contributed by atoms with Gasteiger partial charge in [0.1, 0.15) is 23.6 Å². The van der Waals surface area contributed by atoms with E-state index in [-0.39, 0.29) is 36.9 Å². The van der Waals surface area contributed by atoms with Crippen LogP contribution in [0.4, 0.5) is 65.9 Å². The van der Waals surface area contributed by atoms with E-state index in [9.17, 15) is 76.2 Å². The van der Waals surface area contributed by atoms with Crippen molar-refractivity contribution in [2.24, 2.45) is 0 Å². The molecule has 0 spiro atoms. The molecule has 20 nitrogen and oxygen atoms in total. The number of aliphatic hydroxyl groups excluding tert-OH is 1. The van der Waals surface area contributed by atoms with Gasteiger partial charge in [0.15, 0.2) is 0 Å². The highest BCUT2D eigenvalue weighted by Crippen LogP contribution is 2.39. The molecule has 0 amide bonds. The minimum atomic E-state index is -5.08. The molecular weight excluding hydrogens is 1040 g/mol. The average Bonchev–Trinajstić information content (AvgIpc) is 3.95. The topological polar surface area (TPSA) is 303 Å². The smallest absolute Gasteiger partial charge is 0.475 e. The number of aliphatic hydroxyl groups is 1. The number of likely N-dealkylation sites (tertiary alicyclic amines) is 1. The van der Waals surface area contributed by atoms with E-state index in [4.69, 9.17) is 44.3 Å². The molecule has 4 aromatic rings. The lowest BCUT2D eigenvalue weighted by molar-refractivity contribution is -0.193. The number of hydrogen-bond acceptors (Lipinski definition) is 14. The minimum Gasteiger partial charge on any atom is -0.475 e. The van der Waals surface area contributed by atoms with Crippen LogP contribution in [0.3, 0.4) is 0 Å². The summed E-state index contributed by atoms with van der Waals surface area (Å²) in [6.07, 6.45) is -15.0. The molecule has 1 saturated carbocycles. The molecule has 1 aliphatic heterocycles. The highest BCUT2D eigenvalue weighted by atomic mass is 19.4. The maximum absolute atomic E-state index is 13.5. The third-order valence-corrected chi connectivity index (χ3v) is 9.67. The first-order valence-electron chi connectivity index (χ1n) is 19.9.